The molecule has 0 fully saturated rings. The van der Waals surface area contributed by atoms with Gasteiger partial charge >= 0.3 is 18.0 Å². The highest BCUT2D eigenvalue weighted by Gasteiger charge is 2.25. The van der Waals surface area contributed by atoms with Crippen molar-refractivity contribution >= 4 is 18.0 Å². The van der Waals surface area contributed by atoms with E-state index in [9.17, 15) is 14.4 Å². The van der Waals surface area contributed by atoms with E-state index in [1.165, 1.54) is 7.11 Å². The van der Waals surface area contributed by atoms with Crippen LogP contribution in [0.5, 0.6) is 0 Å². The van der Waals surface area contributed by atoms with Gasteiger partial charge in [0.1, 0.15) is 11.2 Å². The van der Waals surface area contributed by atoms with Gasteiger partial charge in [0, 0.05) is 6.54 Å². The molecule has 1 rings (SSSR count). The number of amides is 1. The van der Waals surface area contributed by atoms with Crippen LogP contribution in [0, 0.1) is 0 Å². The third kappa shape index (κ3) is 8.11. The Balaban J connectivity index is 2.98. The number of alkyl carbamates (subject to hydrolysis) is 1. The molecule has 150 valence electrons. The molecule has 0 saturated carbocycles. The van der Waals surface area contributed by atoms with E-state index in [1.54, 1.807) is 65.8 Å². The highest BCUT2D eigenvalue weighted by atomic mass is 16.6. The van der Waals surface area contributed by atoms with Crippen LogP contribution < -0.4 is 5.32 Å². The first-order chi connectivity index (χ1) is 12.3. The van der Waals surface area contributed by atoms with Gasteiger partial charge in [0.25, 0.3) is 0 Å². The molecule has 1 amide bonds. The van der Waals surface area contributed by atoms with Crippen molar-refractivity contribution in [3.63, 3.8) is 0 Å². The first-order valence-electron chi connectivity index (χ1n) is 8.70. The Morgan fingerprint density at radius 1 is 1.00 bits per heavy atom. The lowest BCUT2D eigenvalue weighted by atomic mass is 9.97. The Morgan fingerprint density at radius 2 is 1.59 bits per heavy atom. The van der Waals surface area contributed by atoms with Crippen LogP contribution in [0.15, 0.2) is 24.3 Å². The molecular formula is C20H29NO6. The van der Waals surface area contributed by atoms with Crippen molar-refractivity contribution in [2.45, 2.75) is 58.7 Å². The number of hydrogen-bond donors (Lipinski definition) is 1. The molecule has 1 atom stereocenters. The predicted molar refractivity (Wildman–Crippen MR) is 101 cm³/mol. The number of esters is 2. The smallest absolute Gasteiger partial charge is 0.407 e. The van der Waals surface area contributed by atoms with Gasteiger partial charge in [-0.3, -0.25) is 4.79 Å². The largest absolute Gasteiger partial charge is 0.468 e. The zero-order valence-electron chi connectivity index (χ0n) is 17.0. The third-order valence-corrected chi connectivity index (χ3v) is 3.26. The van der Waals surface area contributed by atoms with Gasteiger partial charge in [0.05, 0.1) is 18.6 Å². The molecule has 1 aromatic rings. The van der Waals surface area contributed by atoms with Gasteiger partial charge in [0.2, 0.25) is 0 Å². The van der Waals surface area contributed by atoms with Gasteiger partial charge in [-0.1, -0.05) is 12.1 Å². The first-order valence-corrected chi connectivity index (χ1v) is 8.70. The lowest BCUT2D eigenvalue weighted by molar-refractivity contribution is -0.142. The van der Waals surface area contributed by atoms with Crippen molar-refractivity contribution in [1.82, 2.24) is 5.32 Å². The van der Waals surface area contributed by atoms with Crippen LogP contribution in [0.3, 0.4) is 0 Å². The quantitative estimate of drug-likeness (QED) is 0.623. The summed E-state index contributed by atoms with van der Waals surface area (Å²) in [5.41, 5.74) is -0.441. The maximum Gasteiger partial charge on any atom is 0.407 e. The number of carbonyl (C=O) groups is 3. The summed E-state index contributed by atoms with van der Waals surface area (Å²) in [6.07, 6.45) is -0.639. The average Bonchev–Trinajstić information content (AvgIpc) is 2.51. The zero-order valence-corrected chi connectivity index (χ0v) is 17.0. The topological polar surface area (TPSA) is 90.9 Å². The standard InChI is InChI=1S/C20H29NO6/c1-19(2,3)26-16(22)14-10-8-9-13(11-14)15(17(23)25-7)12-21-18(24)27-20(4,5)6/h8-11,15H,12H2,1-7H3,(H,21,24). The molecule has 0 heterocycles. The van der Waals surface area contributed by atoms with E-state index in [1.807, 2.05) is 0 Å². The Morgan fingerprint density at radius 3 is 2.11 bits per heavy atom. The Bertz CT molecular complexity index is 684. The summed E-state index contributed by atoms with van der Waals surface area (Å²) in [7, 11) is 1.26. The summed E-state index contributed by atoms with van der Waals surface area (Å²) >= 11 is 0. The van der Waals surface area contributed by atoms with Gasteiger partial charge in [-0.2, -0.15) is 0 Å². The van der Waals surface area contributed by atoms with Crippen molar-refractivity contribution in [2.24, 2.45) is 0 Å². The fourth-order valence-electron chi connectivity index (χ4n) is 2.20. The maximum atomic E-state index is 12.3. The number of nitrogens with one attached hydrogen (secondary N) is 1. The maximum absolute atomic E-state index is 12.3. The van der Waals surface area contributed by atoms with E-state index >= 15 is 0 Å². The zero-order chi connectivity index (χ0) is 20.8. The molecule has 0 aromatic heterocycles. The summed E-state index contributed by atoms with van der Waals surface area (Å²) in [4.78, 5) is 36.3. The van der Waals surface area contributed by atoms with E-state index in [4.69, 9.17) is 14.2 Å². The van der Waals surface area contributed by atoms with Crippen molar-refractivity contribution in [3.05, 3.63) is 35.4 Å². The van der Waals surface area contributed by atoms with Crippen LogP contribution in [-0.2, 0) is 19.0 Å². The lowest BCUT2D eigenvalue weighted by Crippen LogP contribution is -2.36. The Hall–Kier alpha value is -2.57. The lowest BCUT2D eigenvalue weighted by Gasteiger charge is -2.22. The molecule has 1 N–H and O–H groups in total. The molecule has 0 aliphatic rings. The van der Waals surface area contributed by atoms with Gasteiger partial charge in [-0.15, -0.1) is 0 Å². The van der Waals surface area contributed by atoms with Gasteiger partial charge in [0.15, 0.2) is 0 Å². The van der Waals surface area contributed by atoms with Crippen molar-refractivity contribution in [1.29, 1.82) is 0 Å². The Kier molecular flexibility index (Phi) is 7.39. The predicted octanol–water partition coefficient (Wildman–Crippen LogP) is 3.42. The second-order valence-corrected chi connectivity index (χ2v) is 8.09. The molecule has 1 aromatic carbocycles. The number of rotatable bonds is 5. The van der Waals surface area contributed by atoms with E-state index < -0.39 is 35.2 Å². The molecule has 27 heavy (non-hydrogen) atoms. The molecule has 0 bridgehead atoms. The number of hydrogen-bond acceptors (Lipinski definition) is 6. The Labute approximate surface area is 160 Å². The fraction of sp³-hybridized carbons (Fsp3) is 0.550. The van der Waals surface area contributed by atoms with Crippen molar-refractivity contribution < 1.29 is 28.6 Å². The van der Waals surface area contributed by atoms with Crippen molar-refractivity contribution in [3.8, 4) is 0 Å². The molecule has 7 heteroatoms. The fourth-order valence-corrected chi connectivity index (χ4v) is 2.20. The number of benzene rings is 1. The second kappa shape index (κ2) is 8.88. The normalized spacial score (nSPS) is 12.7. The van der Waals surface area contributed by atoms with Gasteiger partial charge in [-0.25, -0.2) is 9.59 Å². The third-order valence-electron chi connectivity index (χ3n) is 3.26. The van der Waals surface area contributed by atoms with Gasteiger partial charge < -0.3 is 19.5 Å². The second-order valence-electron chi connectivity index (χ2n) is 8.09. The number of methoxy groups -OCH3 is 1. The summed E-state index contributed by atoms with van der Waals surface area (Å²) in [6, 6.07) is 6.50. The van der Waals surface area contributed by atoms with E-state index in [2.05, 4.69) is 5.32 Å². The van der Waals surface area contributed by atoms with E-state index in [-0.39, 0.29) is 6.54 Å². The highest BCUT2D eigenvalue weighted by Crippen LogP contribution is 2.20. The molecule has 0 aliphatic heterocycles. The van der Waals surface area contributed by atoms with Crippen LogP contribution in [0.4, 0.5) is 4.79 Å². The van der Waals surface area contributed by atoms with E-state index in [0.717, 1.165) is 0 Å². The minimum atomic E-state index is -0.787. The number of carbonyl (C=O) groups excluding carboxylic acids is 3. The summed E-state index contributed by atoms with van der Waals surface area (Å²) in [6.45, 7) is 10.5. The van der Waals surface area contributed by atoms with Crippen LogP contribution in [0.2, 0.25) is 0 Å². The van der Waals surface area contributed by atoms with Crippen molar-refractivity contribution in [2.75, 3.05) is 13.7 Å². The number of ether oxygens (including phenoxy) is 3. The molecule has 0 saturated heterocycles. The molecule has 0 radical (unpaired) electrons. The molecule has 0 spiro atoms. The monoisotopic (exact) mass is 379 g/mol. The van der Waals surface area contributed by atoms with Crippen LogP contribution in [0.1, 0.15) is 63.4 Å². The minimum Gasteiger partial charge on any atom is -0.468 e. The highest BCUT2D eigenvalue weighted by molar-refractivity contribution is 5.90. The summed E-state index contributed by atoms with van der Waals surface area (Å²) < 4.78 is 15.4. The van der Waals surface area contributed by atoms with Crippen LogP contribution in [-0.4, -0.2) is 42.9 Å². The minimum absolute atomic E-state index is 0.0284. The van der Waals surface area contributed by atoms with Gasteiger partial charge in [-0.05, 0) is 59.2 Å². The average molecular weight is 379 g/mol. The molecule has 0 aliphatic carbocycles. The van der Waals surface area contributed by atoms with Crippen LogP contribution >= 0.6 is 0 Å². The van der Waals surface area contributed by atoms with Crippen LogP contribution in [0.25, 0.3) is 0 Å². The van der Waals surface area contributed by atoms with E-state index in [0.29, 0.717) is 11.1 Å². The summed E-state index contributed by atoms with van der Waals surface area (Å²) in [5.74, 6) is -1.81. The first kappa shape index (κ1) is 22.5. The molecule has 1 unspecified atom stereocenters. The molecular weight excluding hydrogens is 350 g/mol. The molecule has 7 nitrogen and oxygen atoms in total. The summed E-state index contributed by atoms with van der Waals surface area (Å²) in [5, 5.41) is 2.56. The SMILES string of the molecule is COC(=O)C(CNC(=O)OC(C)(C)C)c1cccc(C(=O)OC(C)(C)C)c1.